The Bertz CT molecular complexity index is 274. The smallest absolute Gasteiger partial charge is 0.222 e. The first-order valence-corrected chi connectivity index (χ1v) is 7.63. The van der Waals surface area contributed by atoms with Crippen LogP contribution in [0.3, 0.4) is 0 Å². The van der Waals surface area contributed by atoms with Gasteiger partial charge in [0.05, 0.1) is 0 Å². The number of rotatable bonds is 3. The maximum absolute atomic E-state index is 12.3. The second-order valence-electron chi connectivity index (χ2n) is 6.33. The third-order valence-electron chi connectivity index (χ3n) is 4.76. The molecule has 104 valence electrons. The zero-order chi connectivity index (χ0) is 13.0. The van der Waals surface area contributed by atoms with Crippen LogP contribution in [0.25, 0.3) is 0 Å². The summed E-state index contributed by atoms with van der Waals surface area (Å²) in [7, 11) is 2.00. The van der Waals surface area contributed by atoms with E-state index in [9.17, 15) is 4.79 Å². The Hall–Kier alpha value is -0.570. The highest BCUT2D eigenvalue weighted by Gasteiger charge is 2.26. The molecule has 18 heavy (non-hydrogen) atoms. The number of piperidine rings is 1. The lowest BCUT2D eigenvalue weighted by Crippen LogP contribution is -2.44. The van der Waals surface area contributed by atoms with E-state index >= 15 is 0 Å². The van der Waals surface area contributed by atoms with Gasteiger partial charge in [0.25, 0.3) is 0 Å². The van der Waals surface area contributed by atoms with Crippen LogP contribution in [-0.2, 0) is 4.79 Å². The maximum Gasteiger partial charge on any atom is 0.222 e. The summed E-state index contributed by atoms with van der Waals surface area (Å²) >= 11 is 0. The first kappa shape index (κ1) is 13.9. The van der Waals surface area contributed by atoms with Gasteiger partial charge in [-0.3, -0.25) is 4.79 Å². The molecule has 3 nitrogen and oxygen atoms in total. The molecule has 0 aromatic rings. The van der Waals surface area contributed by atoms with E-state index in [-0.39, 0.29) is 0 Å². The topological polar surface area (TPSA) is 32.3 Å². The number of nitrogens with one attached hydrogen (secondary N) is 1. The Morgan fingerprint density at radius 3 is 2.61 bits per heavy atom. The molecule has 0 bridgehead atoms. The SMILES string of the molecule is CC1CCCC(CC(=O)N(C)C2CCNCC2)C1. The summed E-state index contributed by atoms with van der Waals surface area (Å²) in [5.41, 5.74) is 0. The molecule has 0 spiro atoms. The van der Waals surface area contributed by atoms with Crippen LogP contribution in [0, 0.1) is 11.8 Å². The van der Waals surface area contributed by atoms with E-state index in [0.717, 1.165) is 38.3 Å². The van der Waals surface area contributed by atoms with Gasteiger partial charge < -0.3 is 10.2 Å². The summed E-state index contributed by atoms with van der Waals surface area (Å²) in [6, 6.07) is 0.472. The summed E-state index contributed by atoms with van der Waals surface area (Å²) in [6.45, 7) is 4.44. The Balaban J connectivity index is 1.79. The van der Waals surface area contributed by atoms with Crippen LogP contribution in [0.2, 0.25) is 0 Å². The van der Waals surface area contributed by atoms with Crippen LogP contribution < -0.4 is 5.32 Å². The van der Waals surface area contributed by atoms with Crippen molar-refractivity contribution in [2.24, 2.45) is 11.8 Å². The molecule has 2 atom stereocenters. The fraction of sp³-hybridized carbons (Fsp3) is 0.933. The van der Waals surface area contributed by atoms with Gasteiger partial charge in [0.2, 0.25) is 5.91 Å². The highest BCUT2D eigenvalue weighted by Crippen LogP contribution is 2.31. The van der Waals surface area contributed by atoms with Crippen LogP contribution in [0.1, 0.15) is 51.9 Å². The van der Waals surface area contributed by atoms with Gasteiger partial charge in [-0.25, -0.2) is 0 Å². The van der Waals surface area contributed by atoms with E-state index in [2.05, 4.69) is 12.2 Å². The first-order valence-electron chi connectivity index (χ1n) is 7.63. The summed E-state index contributed by atoms with van der Waals surface area (Å²) in [6.07, 6.45) is 8.20. The monoisotopic (exact) mass is 252 g/mol. The Morgan fingerprint density at radius 2 is 1.94 bits per heavy atom. The van der Waals surface area contributed by atoms with Gasteiger partial charge in [0.1, 0.15) is 0 Å². The van der Waals surface area contributed by atoms with Gasteiger partial charge in [-0.2, -0.15) is 0 Å². The molecule has 1 aliphatic heterocycles. The van der Waals surface area contributed by atoms with Crippen molar-refractivity contribution < 1.29 is 4.79 Å². The number of amides is 1. The standard InChI is InChI=1S/C15H28N2O/c1-12-4-3-5-13(10-12)11-15(18)17(2)14-6-8-16-9-7-14/h12-14,16H,3-11H2,1-2H3. The highest BCUT2D eigenvalue weighted by molar-refractivity contribution is 5.76. The molecule has 1 N–H and O–H groups in total. The molecule has 2 aliphatic rings. The fourth-order valence-corrected chi connectivity index (χ4v) is 3.53. The van der Waals surface area contributed by atoms with Crippen LogP contribution in [-0.4, -0.2) is 37.0 Å². The van der Waals surface area contributed by atoms with Crippen molar-refractivity contribution >= 4 is 5.91 Å². The fourth-order valence-electron chi connectivity index (χ4n) is 3.53. The van der Waals surface area contributed by atoms with Crippen molar-refractivity contribution in [3.8, 4) is 0 Å². The number of nitrogens with zero attached hydrogens (tertiary/aromatic N) is 1. The normalized spacial score (nSPS) is 30.1. The van der Waals surface area contributed by atoms with Gasteiger partial charge in [-0.15, -0.1) is 0 Å². The molecule has 1 heterocycles. The number of carbonyl (C=O) groups is 1. The third kappa shape index (κ3) is 3.71. The molecule has 2 fully saturated rings. The van der Waals surface area contributed by atoms with E-state index in [1.54, 1.807) is 0 Å². The van der Waals surface area contributed by atoms with Gasteiger partial charge in [-0.1, -0.05) is 19.8 Å². The number of carbonyl (C=O) groups excluding carboxylic acids is 1. The van der Waals surface area contributed by atoms with Crippen LogP contribution in [0.4, 0.5) is 0 Å². The molecular formula is C15H28N2O. The largest absolute Gasteiger partial charge is 0.343 e. The lowest BCUT2D eigenvalue weighted by Gasteiger charge is -2.34. The van der Waals surface area contributed by atoms with Gasteiger partial charge in [0, 0.05) is 19.5 Å². The Kier molecular flexibility index (Phi) is 5.04. The highest BCUT2D eigenvalue weighted by atomic mass is 16.2. The molecule has 3 heteroatoms. The second-order valence-corrected chi connectivity index (χ2v) is 6.33. The van der Waals surface area contributed by atoms with Crippen molar-refractivity contribution in [3.63, 3.8) is 0 Å². The average Bonchev–Trinajstić information content (AvgIpc) is 2.39. The lowest BCUT2D eigenvalue weighted by atomic mass is 9.80. The van der Waals surface area contributed by atoms with E-state index < -0.39 is 0 Å². The van der Waals surface area contributed by atoms with E-state index in [0.29, 0.717) is 17.9 Å². The molecule has 0 aromatic heterocycles. The van der Waals surface area contributed by atoms with E-state index in [4.69, 9.17) is 0 Å². The number of hydrogen-bond donors (Lipinski definition) is 1. The Labute approximate surface area is 111 Å². The van der Waals surface area contributed by atoms with Gasteiger partial charge in [0.15, 0.2) is 0 Å². The van der Waals surface area contributed by atoms with Crippen LogP contribution in [0.15, 0.2) is 0 Å². The maximum atomic E-state index is 12.3. The molecular weight excluding hydrogens is 224 g/mol. The van der Waals surface area contributed by atoms with Crippen molar-refractivity contribution in [2.45, 2.75) is 57.9 Å². The zero-order valence-corrected chi connectivity index (χ0v) is 12.0. The quantitative estimate of drug-likeness (QED) is 0.836. The predicted molar refractivity (Wildman–Crippen MR) is 74.4 cm³/mol. The predicted octanol–water partition coefficient (Wildman–Crippen LogP) is 2.41. The molecule has 2 unspecified atom stereocenters. The summed E-state index contributed by atoms with van der Waals surface area (Å²) < 4.78 is 0. The van der Waals surface area contributed by atoms with Gasteiger partial charge in [-0.05, 0) is 50.6 Å². The average molecular weight is 252 g/mol. The molecule has 2 rings (SSSR count). The van der Waals surface area contributed by atoms with Crippen LogP contribution >= 0.6 is 0 Å². The zero-order valence-electron chi connectivity index (χ0n) is 12.0. The summed E-state index contributed by atoms with van der Waals surface area (Å²) in [4.78, 5) is 14.4. The summed E-state index contributed by atoms with van der Waals surface area (Å²) in [5, 5.41) is 3.36. The van der Waals surface area contributed by atoms with E-state index in [1.807, 2.05) is 11.9 Å². The van der Waals surface area contributed by atoms with Crippen molar-refractivity contribution in [2.75, 3.05) is 20.1 Å². The minimum atomic E-state index is 0.376. The van der Waals surface area contributed by atoms with Crippen molar-refractivity contribution in [1.82, 2.24) is 10.2 Å². The molecule has 1 aliphatic carbocycles. The van der Waals surface area contributed by atoms with Crippen LogP contribution in [0.5, 0.6) is 0 Å². The molecule has 0 radical (unpaired) electrons. The minimum Gasteiger partial charge on any atom is -0.343 e. The first-order chi connectivity index (χ1) is 8.66. The van der Waals surface area contributed by atoms with Crippen molar-refractivity contribution in [1.29, 1.82) is 0 Å². The number of hydrogen-bond acceptors (Lipinski definition) is 2. The lowest BCUT2D eigenvalue weighted by molar-refractivity contribution is -0.133. The molecule has 1 amide bonds. The van der Waals surface area contributed by atoms with E-state index in [1.165, 1.54) is 25.7 Å². The van der Waals surface area contributed by atoms with Gasteiger partial charge >= 0.3 is 0 Å². The molecule has 0 aromatic carbocycles. The Morgan fingerprint density at radius 1 is 1.22 bits per heavy atom. The molecule has 1 saturated heterocycles. The second kappa shape index (κ2) is 6.55. The summed E-state index contributed by atoms with van der Waals surface area (Å²) in [5.74, 6) is 1.84. The minimum absolute atomic E-state index is 0.376. The third-order valence-corrected chi connectivity index (χ3v) is 4.76. The van der Waals surface area contributed by atoms with Crippen molar-refractivity contribution in [3.05, 3.63) is 0 Å². The molecule has 1 saturated carbocycles.